The van der Waals surface area contributed by atoms with Crippen molar-refractivity contribution < 1.29 is 5.80 Å². The molecule has 8 heavy (non-hydrogen) atoms. The maximum Gasteiger partial charge on any atom is 0.156 e. The number of nitrogen functional groups attached to an aromatic ring is 1. The third-order valence-corrected chi connectivity index (χ3v) is 0.825. The lowest BCUT2D eigenvalue weighted by Gasteiger charge is -1.88. The summed E-state index contributed by atoms with van der Waals surface area (Å²) in [5.74, 6) is -0.327. The Balaban J connectivity index is 2.94. The second kappa shape index (κ2) is 1.82. The van der Waals surface area contributed by atoms with Crippen molar-refractivity contribution in [2.24, 2.45) is 0 Å². The molecule has 1 nitrogen and oxygen atoms in total. The van der Waals surface area contributed by atoms with Gasteiger partial charge in [-0.3, -0.25) is 0 Å². The molecule has 0 saturated heterocycles. The van der Waals surface area contributed by atoms with E-state index in [-0.39, 0.29) is 5.82 Å². The van der Waals surface area contributed by atoms with Crippen molar-refractivity contribution in [2.75, 3.05) is 5.73 Å². The Morgan fingerprint density at radius 2 is 2.50 bits per heavy atom. The first-order valence-electron chi connectivity index (χ1n) is 2.76. The minimum Gasteiger partial charge on any atom is -0.399 e. The monoisotopic (exact) mass is 112 g/mol. The fraction of sp³-hybridized carbons (Fsp3) is 0. The Morgan fingerprint density at radius 3 is 3.00 bits per heavy atom. The highest BCUT2D eigenvalue weighted by Crippen LogP contribution is 2.02. The lowest BCUT2D eigenvalue weighted by Crippen LogP contribution is -1.83. The van der Waals surface area contributed by atoms with E-state index in [0.29, 0.717) is 5.69 Å². The summed E-state index contributed by atoms with van der Waals surface area (Å²) < 4.78 is 18.9. The van der Waals surface area contributed by atoms with Gasteiger partial charge >= 0.3 is 0 Å². The van der Waals surface area contributed by atoms with Crippen LogP contribution in [0.4, 0.5) is 10.1 Å². The van der Waals surface area contributed by atoms with Gasteiger partial charge in [-0.05, 0) is 18.2 Å². The van der Waals surface area contributed by atoms with E-state index in [0.717, 1.165) is 0 Å². The largest absolute Gasteiger partial charge is 0.399 e. The molecule has 0 aliphatic carbocycles. The van der Waals surface area contributed by atoms with Crippen molar-refractivity contribution in [1.82, 2.24) is 0 Å². The summed E-state index contributed by atoms with van der Waals surface area (Å²) in [6.07, 6.45) is 0. The normalized spacial score (nSPS) is 10.4. The van der Waals surface area contributed by atoms with Gasteiger partial charge in [-0.15, -0.1) is 0 Å². The molecule has 0 aliphatic rings. The van der Waals surface area contributed by atoms with Crippen LogP contribution in [0.1, 0.15) is 0 Å². The Bertz CT molecular complexity index is 202. The molecule has 0 fully saturated rings. The zero-order valence-electron chi connectivity index (χ0n) is 5.19. The standard InChI is InChI=1S/C6H6FN/c7-5-2-1-3-6(8)4-5/h1-4H,8H2/i/hD. The van der Waals surface area contributed by atoms with E-state index in [1.165, 1.54) is 12.1 Å². The third-order valence-electron chi connectivity index (χ3n) is 0.825. The number of halogens is 1. The lowest BCUT2D eigenvalue weighted by atomic mass is 10.3. The zero-order valence-corrected chi connectivity index (χ0v) is 4.19. The van der Waals surface area contributed by atoms with Gasteiger partial charge in [-0.25, -0.2) is 4.39 Å². The van der Waals surface area contributed by atoms with E-state index in [2.05, 4.69) is 5.73 Å². The number of anilines is 1. The second-order valence-corrected chi connectivity index (χ2v) is 1.51. The van der Waals surface area contributed by atoms with Gasteiger partial charge in [0.05, 0.1) is 0 Å². The average Bonchev–Trinajstić information content (AvgIpc) is 1.88. The van der Waals surface area contributed by atoms with Gasteiger partial charge in [0.2, 0.25) is 0 Å². The molecule has 0 saturated carbocycles. The van der Waals surface area contributed by atoms with Crippen LogP contribution in [0.5, 0.6) is 0 Å². The van der Waals surface area contributed by atoms with Crippen molar-refractivity contribution in [3.63, 3.8) is 0 Å². The average molecular weight is 112 g/mol. The lowest BCUT2D eigenvalue weighted by molar-refractivity contribution is 0.628. The molecule has 1 rings (SSSR count). The maximum absolute atomic E-state index is 12.2. The first-order valence-corrected chi connectivity index (χ1v) is 2.26. The summed E-state index contributed by atoms with van der Waals surface area (Å²) in [4.78, 5) is 0. The fourth-order valence-electron chi connectivity index (χ4n) is 0.488. The van der Waals surface area contributed by atoms with Crippen LogP contribution in [0.15, 0.2) is 24.3 Å². The van der Waals surface area contributed by atoms with Gasteiger partial charge in [0.1, 0.15) is 5.82 Å². The van der Waals surface area contributed by atoms with Crippen LogP contribution in [0.3, 0.4) is 0 Å². The van der Waals surface area contributed by atoms with E-state index in [9.17, 15) is 4.39 Å². The molecule has 2 heteroatoms. The van der Waals surface area contributed by atoms with Gasteiger partial charge in [0.25, 0.3) is 0 Å². The second-order valence-electron chi connectivity index (χ2n) is 1.51. The van der Waals surface area contributed by atoms with E-state index in [1.807, 2.05) is 0 Å². The molecule has 0 unspecified atom stereocenters. The van der Waals surface area contributed by atoms with Crippen molar-refractivity contribution >= 4 is 5.69 Å². The highest BCUT2D eigenvalue weighted by atomic mass is 19.1. The maximum atomic E-state index is 12.2. The molecule has 0 aromatic heterocycles. The summed E-state index contributed by atoms with van der Waals surface area (Å²) in [6.45, 7) is 0. The van der Waals surface area contributed by atoms with E-state index >= 15 is 0 Å². The molecule has 42 valence electrons. The molecule has 0 heterocycles. The van der Waals surface area contributed by atoms with Crippen LogP contribution in [-0.4, -0.2) is 0 Å². The molecular formula is C6H6FN. The Labute approximate surface area is 48.4 Å². The predicted molar refractivity (Wildman–Crippen MR) is 30.8 cm³/mol. The van der Waals surface area contributed by atoms with Crippen molar-refractivity contribution in [2.45, 2.75) is 0 Å². The van der Waals surface area contributed by atoms with Crippen LogP contribution in [0.25, 0.3) is 0 Å². The third kappa shape index (κ3) is 0.964. The van der Waals surface area contributed by atoms with Crippen LogP contribution >= 0.6 is 0 Å². The van der Waals surface area contributed by atoms with E-state index in [1.54, 1.807) is 12.1 Å². The summed E-state index contributed by atoms with van der Waals surface area (Å²) in [5, 5.41) is 0. The summed E-state index contributed by atoms with van der Waals surface area (Å²) in [6, 6.07) is 5.76. The molecule has 1 aromatic rings. The van der Waals surface area contributed by atoms with Crippen molar-refractivity contribution in [3.8, 4) is 0 Å². The van der Waals surface area contributed by atoms with Gasteiger partial charge in [0.15, 0.2) is 1.41 Å². The molecule has 1 aromatic carbocycles. The predicted octanol–water partition coefficient (Wildman–Crippen LogP) is 1.41. The zero-order chi connectivity index (χ0) is 6.69. The topological polar surface area (TPSA) is 26.0 Å². The molecular weight excluding hydrogens is 105 g/mol. The molecule has 0 spiro atoms. The Morgan fingerprint density at radius 1 is 1.62 bits per heavy atom. The van der Waals surface area contributed by atoms with Crippen LogP contribution in [0.2, 0.25) is 1.41 Å². The van der Waals surface area contributed by atoms with Gasteiger partial charge in [-0.2, -0.15) is 0 Å². The highest BCUT2D eigenvalue weighted by molar-refractivity contribution is 5.36. The Kier molecular flexibility index (Phi) is 0.886. The van der Waals surface area contributed by atoms with Crippen LogP contribution < -0.4 is 5.73 Å². The van der Waals surface area contributed by atoms with Crippen LogP contribution in [-0.2, 0) is 0 Å². The van der Waals surface area contributed by atoms with Gasteiger partial charge in [0, 0.05) is 5.69 Å². The van der Waals surface area contributed by atoms with Gasteiger partial charge in [-0.1, -0.05) is 6.07 Å². The van der Waals surface area contributed by atoms with Crippen LogP contribution in [0, 0.1) is 5.82 Å². The SMILES string of the molecule is [2H]Nc1cccc(F)c1. The number of hydrogen-bond donors (Lipinski definition) is 1. The molecule has 0 bridgehead atoms. The van der Waals surface area contributed by atoms with E-state index < -0.39 is 0 Å². The van der Waals surface area contributed by atoms with Crippen molar-refractivity contribution in [3.05, 3.63) is 30.1 Å². The number of rotatable bonds is 1. The van der Waals surface area contributed by atoms with Crippen molar-refractivity contribution in [1.29, 1.82) is 0 Å². The first kappa shape index (κ1) is 3.89. The molecule has 0 aliphatic heterocycles. The number of benzene rings is 1. The molecule has 0 radical (unpaired) electrons. The quantitative estimate of drug-likeness (QED) is 0.546. The molecule has 0 atom stereocenters. The Hall–Kier alpha value is -1.05. The molecule has 0 amide bonds. The first-order chi connectivity index (χ1) is 4.33. The molecule has 2 N–H and O–H groups in total. The fourth-order valence-corrected chi connectivity index (χ4v) is 0.488. The smallest absolute Gasteiger partial charge is 0.156 e. The summed E-state index contributed by atoms with van der Waals surface area (Å²) in [5.41, 5.74) is 2.55. The summed E-state index contributed by atoms with van der Waals surface area (Å²) in [7, 11) is 0. The van der Waals surface area contributed by atoms with Gasteiger partial charge < -0.3 is 5.73 Å². The van der Waals surface area contributed by atoms with E-state index in [4.69, 9.17) is 1.41 Å². The summed E-state index contributed by atoms with van der Waals surface area (Å²) >= 11 is 0. The highest BCUT2D eigenvalue weighted by Gasteiger charge is 1.85. The number of nitrogens with two attached hydrogens (primary N) is 1. The minimum atomic E-state index is -0.327. The minimum absolute atomic E-state index is 0.327. The number of hydrogen-bond acceptors (Lipinski definition) is 1.